The fourth-order valence-corrected chi connectivity index (χ4v) is 15.4. The molecule has 17 heteroatoms. The van der Waals surface area contributed by atoms with Gasteiger partial charge >= 0.3 is 0 Å². The Morgan fingerprint density at radius 1 is 0.743 bits per heavy atom. The van der Waals surface area contributed by atoms with Gasteiger partial charge in [0, 0.05) is 65.5 Å². The molecule has 0 bridgehead atoms. The number of aryl methyl sites for hydroxylation is 1. The van der Waals surface area contributed by atoms with Crippen molar-refractivity contribution < 1.29 is 28.3 Å². The maximum atomic E-state index is 17.0. The van der Waals surface area contributed by atoms with Crippen LogP contribution >= 0.6 is 0 Å². The highest BCUT2D eigenvalue weighted by molar-refractivity contribution is 6.72. The first kappa shape index (κ1) is 46.4. The average Bonchev–Trinajstić information content (AvgIpc) is 4.15. The Morgan fingerprint density at radius 2 is 1.30 bits per heavy atom. The van der Waals surface area contributed by atoms with Crippen LogP contribution in [0.25, 0.3) is 0 Å². The first-order valence-corrected chi connectivity index (χ1v) is 28.0. The standard InChI is InChI=1S/C53H63FN10O5Si/c1-37-47(70(2,3)54)46(20-30-59-34-39(21-31-65)57-58-59)69-53(37)44-32-43(62-36-64(42-12-8-5-9-13-42)52(49(62)67)24-28-56-29-25-52)18-19-45(44)60(50(53)68)33-38-14-16-40(17-15-38)61-35-63(41-10-6-4-7-11-41)51(48(61)66)22-26-55-27-23-51/h4-19,32,34,37,46-47,55-56,65H,20-31,33,35-36H2,1-3H3/t37-,46+,47-,53+/m1/s1. The number of carbonyl (C=O) groups excluding carboxylic acids is 3. The van der Waals surface area contributed by atoms with Crippen molar-refractivity contribution in [3.63, 3.8) is 0 Å². The van der Waals surface area contributed by atoms with Gasteiger partial charge in [-0.3, -0.25) is 28.9 Å². The predicted octanol–water partition coefficient (Wildman–Crippen LogP) is 6.09. The molecule has 15 nitrogen and oxygen atoms in total. The van der Waals surface area contributed by atoms with Crippen molar-refractivity contribution in [1.29, 1.82) is 0 Å². The molecule has 5 aromatic rings. The van der Waals surface area contributed by atoms with E-state index in [1.165, 1.54) is 0 Å². The highest BCUT2D eigenvalue weighted by atomic mass is 28.4. The summed E-state index contributed by atoms with van der Waals surface area (Å²) in [6.45, 7) is 9.63. The second-order valence-corrected chi connectivity index (χ2v) is 24.4. The highest BCUT2D eigenvalue weighted by Gasteiger charge is 2.67. The second-order valence-electron chi connectivity index (χ2n) is 20.6. The highest BCUT2D eigenvalue weighted by Crippen LogP contribution is 2.61. The van der Waals surface area contributed by atoms with Crippen LogP contribution in [0, 0.1) is 5.92 Å². The molecule has 7 heterocycles. The van der Waals surface area contributed by atoms with E-state index in [1.807, 2.05) is 95.6 Å². The number of fused-ring (bicyclic) bond motifs is 2. The lowest BCUT2D eigenvalue weighted by atomic mass is 9.82. The number of benzene rings is 4. The summed E-state index contributed by atoms with van der Waals surface area (Å²) in [7, 11) is -3.52. The summed E-state index contributed by atoms with van der Waals surface area (Å²) in [6, 6.07) is 34.0. The maximum Gasteiger partial charge on any atom is 0.264 e. The Morgan fingerprint density at radius 3 is 1.86 bits per heavy atom. The first-order valence-electron chi connectivity index (χ1n) is 25.0. The predicted molar refractivity (Wildman–Crippen MR) is 270 cm³/mol. The molecular formula is C53H63FN10O5Si. The van der Waals surface area contributed by atoms with E-state index >= 15 is 8.90 Å². The molecule has 6 aliphatic heterocycles. The maximum absolute atomic E-state index is 17.0. The average molecular weight is 967 g/mol. The Bertz CT molecular complexity index is 2750. The molecule has 1 aromatic heterocycles. The molecule has 6 aliphatic rings. The molecule has 5 fully saturated rings. The van der Waals surface area contributed by atoms with E-state index in [1.54, 1.807) is 28.9 Å². The number of carbonyl (C=O) groups is 3. The third-order valence-electron chi connectivity index (χ3n) is 16.3. The van der Waals surface area contributed by atoms with Gasteiger partial charge in [-0.25, -0.2) is 0 Å². The molecule has 0 unspecified atom stereocenters. The first-order chi connectivity index (χ1) is 33.9. The summed E-state index contributed by atoms with van der Waals surface area (Å²) in [5.41, 5.74) is 2.80. The number of nitrogens with one attached hydrogen (secondary N) is 2. The lowest BCUT2D eigenvalue weighted by Crippen LogP contribution is -2.55. The van der Waals surface area contributed by atoms with Gasteiger partial charge in [0.2, 0.25) is 8.41 Å². The van der Waals surface area contributed by atoms with E-state index in [-0.39, 0.29) is 30.9 Å². The van der Waals surface area contributed by atoms with Crippen molar-refractivity contribution in [2.75, 3.05) is 70.6 Å². The van der Waals surface area contributed by atoms with Crippen molar-refractivity contribution in [3.05, 3.63) is 126 Å². The number of ether oxygens (including phenoxy) is 1. The van der Waals surface area contributed by atoms with Gasteiger partial charge in [-0.2, -0.15) is 0 Å². The number of aliphatic hydroxyl groups excluding tert-OH is 1. The number of piperidine rings is 2. The fraction of sp³-hybridized carbons (Fsp3) is 0.453. The van der Waals surface area contributed by atoms with Crippen LogP contribution in [0.1, 0.15) is 55.8 Å². The number of halogens is 1. The summed E-state index contributed by atoms with van der Waals surface area (Å²) >= 11 is 0. The summed E-state index contributed by atoms with van der Waals surface area (Å²) in [4.78, 5) is 55.2. The minimum atomic E-state index is -3.52. The Balaban J connectivity index is 0.944. The molecule has 11 rings (SSSR count). The molecule has 3 N–H and O–H groups in total. The van der Waals surface area contributed by atoms with Gasteiger partial charge in [0.05, 0.1) is 37.4 Å². The van der Waals surface area contributed by atoms with E-state index < -0.39 is 42.6 Å². The molecule has 5 saturated heterocycles. The van der Waals surface area contributed by atoms with E-state index in [2.05, 4.69) is 55.0 Å². The molecule has 0 radical (unpaired) electrons. The van der Waals surface area contributed by atoms with Crippen LogP contribution in [0.4, 0.5) is 32.5 Å². The van der Waals surface area contributed by atoms with Crippen molar-refractivity contribution in [2.24, 2.45) is 5.92 Å². The second kappa shape index (κ2) is 18.0. The summed E-state index contributed by atoms with van der Waals surface area (Å²) in [5, 5.41) is 24.8. The van der Waals surface area contributed by atoms with Gasteiger partial charge in [0.15, 0.2) is 5.60 Å². The van der Waals surface area contributed by atoms with E-state index in [9.17, 15) is 14.7 Å². The van der Waals surface area contributed by atoms with Crippen molar-refractivity contribution in [2.45, 2.75) is 100.0 Å². The zero-order valence-corrected chi connectivity index (χ0v) is 41.3. The van der Waals surface area contributed by atoms with Gasteiger partial charge in [-0.1, -0.05) is 60.7 Å². The van der Waals surface area contributed by atoms with Crippen molar-refractivity contribution in [1.82, 2.24) is 25.6 Å². The SMILES string of the molecule is C[C@@H]1[C@@H]([Si](C)(C)F)[C@H](CCn2cc(CCO)nn2)O[C@@]12C(=O)N(Cc1ccc(N3CN(c4ccccc4)C4(CCNCC4)C3=O)cc1)c1ccc(N3CN(c4ccccc4)C4(CCNCC4)C3=O)cc12. The molecule has 0 aliphatic carbocycles. The summed E-state index contributed by atoms with van der Waals surface area (Å²) < 4.78 is 25.9. The Kier molecular flexibility index (Phi) is 11.9. The molecular weight excluding hydrogens is 904 g/mol. The Hall–Kier alpha value is -5.98. The van der Waals surface area contributed by atoms with E-state index in [0.717, 1.165) is 35.7 Å². The smallest absolute Gasteiger partial charge is 0.264 e. The van der Waals surface area contributed by atoms with Crippen molar-refractivity contribution >= 4 is 54.6 Å². The van der Waals surface area contributed by atoms with Crippen LogP contribution < -0.4 is 35.1 Å². The number of anilines is 5. The van der Waals surface area contributed by atoms with E-state index in [4.69, 9.17) is 4.74 Å². The number of para-hydroxylation sites is 2. The molecule has 4 atom stereocenters. The molecule has 0 saturated carbocycles. The molecule has 3 spiro atoms. The number of rotatable bonds is 12. The number of hydrogen-bond acceptors (Lipinski definition) is 11. The van der Waals surface area contributed by atoms with Crippen LogP contribution in [0.5, 0.6) is 0 Å². The molecule has 4 aromatic carbocycles. The number of aromatic nitrogens is 3. The van der Waals surface area contributed by atoms with Crippen LogP contribution in [0.3, 0.4) is 0 Å². The number of amides is 3. The molecule has 3 amide bonds. The van der Waals surface area contributed by atoms with Crippen LogP contribution in [0.2, 0.25) is 18.6 Å². The van der Waals surface area contributed by atoms with Gasteiger partial charge in [0.25, 0.3) is 17.7 Å². The lowest BCUT2D eigenvalue weighted by Gasteiger charge is -2.39. The number of nitrogens with zero attached hydrogens (tertiary/aromatic N) is 8. The topological polar surface area (TPSA) is 152 Å². The number of hydrogen-bond donors (Lipinski definition) is 3. The van der Waals surface area contributed by atoms with Crippen LogP contribution in [-0.4, -0.2) is 110 Å². The van der Waals surface area contributed by atoms with Gasteiger partial charge in [-0.05, 0) is 132 Å². The third-order valence-corrected chi connectivity index (χ3v) is 18.8. The normalized spacial score (nSPS) is 25.1. The summed E-state index contributed by atoms with van der Waals surface area (Å²) in [6.07, 6.45) is 4.66. The van der Waals surface area contributed by atoms with E-state index in [0.29, 0.717) is 94.1 Å². The lowest BCUT2D eigenvalue weighted by molar-refractivity contribution is -0.146. The number of aliphatic hydroxyl groups is 1. The largest absolute Gasteiger partial charge is 0.396 e. The van der Waals surface area contributed by atoms with Crippen LogP contribution in [0.15, 0.2) is 109 Å². The minimum Gasteiger partial charge on any atom is -0.396 e. The fourth-order valence-electron chi connectivity index (χ4n) is 12.9. The summed E-state index contributed by atoms with van der Waals surface area (Å²) in [5.74, 6) is -0.709. The third kappa shape index (κ3) is 7.54. The molecule has 366 valence electrons. The zero-order chi connectivity index (χ0) is 48.4. The zero-order valence-electron chi connectivity index (χ0n) is 40.3. The van der Waals surface area contributed by atoms with Gasteiger partial charge in [0.1, 0.15) is 11.1 Å². The van der Waals surface area contributed by atoms with Gasteiger partial charge in [-0.15, -0.1) is 5.10 Å². The quantitative estimate of drug-likeness (QED) is 0.0985. The monoisotopic (exact) mass is 966 g/mol. The van der Waals surface area contributed by atoms with Gasteiger partial charge < -0.3 is 39.3 Å². The Labute approximate surface area is 409 Å². The van der Waals surface area contributed by atoms with Crippen molar-refractivity contribution in [3.8, 4) is 0 Å². The van der Waals surface area contributed by atoms with Crippen LogP contribution in [-0.2, 0) is 44.2 Å². The minimum absolute atomic E-state index is 0.0180. The molecule has 70 heavy (non-hydrogen) atoms.